The van der Waals surface area contributed by atoms with E-state index in [-0.39, 0.29) is 5.92 Å². The number of aromatic nitrogens is 2. The second-order valence-electron chi connectivity index (χ2n) is 7.19. The fourth-order valence-electron chi connectivity index (χ4n) is 4.18. The Morgan fingerprint density at radius 3 is 2.88 bits per heavy atom. The van der Waals surface area contributed by atoms with Crippen molar-refractivity contribution < 1.29 is 14.6 Å². The molecule has 0 amide bonds. The highest BCUT2D eigenvalue weighted by atomic mass is 16.5. The minimum absolute atomic E-state index is 0.186. The first-order valence-electron chi connectivity index (χ1n) is 8.74. The second kappa shape index (κ2) is 6.61. The van der Waals surface area contributed by atoms with Crippen LogP contribution in [0, 0.1) is 11.3 Å². The second-order valence-corrected chi connectivity index (χ2v) is 7.19. The first kappa shape index (κ1) is 16.3. The van der Waals surface area contributed by atoms with Crippen LogP contribution in [0.4, 0.5) is 0 Å². The molecular weight excluding hydrogens is 318 g/mol. The zero-order valence-electron chi connectivity index (χ0n) is 14.2. The van der Waals surface area contributed by atoms with Crippen molar-refractivity contribution in [2.24, 2.45) is 11.3 Å². The van der Waals surface area contributed by atoms with E-state index in [9.17, 15) is 9.90 Å². The molecule has 1 aromatic heterocycles. The molecule has 1 N–H and O–H groups in total. The largest absolute Gasteiger partial charge is 0.481 e. The van der Waals surface area contributed by atoms with Crippen LogP contribution in [0.2, 0.25) is 0 Å². The van der Waals surface area contributed by atoms with E-state index in [1.165, 1.54) is 11.1 Å². The van der Waals surface area contributed by atoms with Gasteiger partial charge in [-0.25, -0.2) is 0 Å². The predicted octanol–water partition coefficient (Wildman–Crippen LogP) is 1.85. The molecule has 6 nitrogen and oxygen atoms in total. The van der Waals surface area contributed by atoms with Gasteiger partial charge in [0.25, 0.3) is 0 Å². The SMILES string of the molecule is O=C(O)[C@]12COCC[C@H]1CN(Cc1cccc(Cn3cccn3)c1)C2. The van der Waals surface area contributed by atoms with Crippen molar-refractivity contribution in [3.63, 3.8) is 0 Å². The molecule has 6 heteroatoms. The van der Waals surface area contributed by atoms with Crippen LogP contribution in [0.25, 0.3) is 0 Å². The van der Waals surface area contributed by atoms with Gasteiger partial charge >= 0.3 is 5.97 Å². The lowest BCUT2D eigenvalue weighted by molar-refractivity contribution is -0.159. The van der Waals surface area contributed by atoms with Gasteiger partial charge in [-0.2, -0.15) is 5.10 Å². The van der Waals surface area contributed by atoms with Gasteiger partial charge in [0.05, 0.1) is 13.2 Å². The first-order chi connectivity index (χ1) is 12.2. The zero-order chi connectivity index (χ0) is 17.3. The maximum Gasteiger partial charge on any atom is 0.313 e. The zero-order valence-corrected chi connectivity index (χ0v) is 14.2. The lowest BCUT2D eigenvalue weighted by Gasteiger charge is -2.34. The number of benzene rings is 1. The molecule has 4 rings (SSSR count). The lowest BCUT2D eigenvalue weighted by atomic mass is 9.76. The van der Waals surface area contributed by atoms with E-state index in [0.717, 1.165) is 26.1 Å². The van der Waals surface area contributed by atoms with E-state index < -0.39 is 11.4 Å². The molecule has 132 valence electrons. The van der Waals surface area contributed by atoms with Crippen molar-refractivity contribution in [2.75, 3.05) is 26.3 Å². The van der Waals surface area contributed by atoms with Gasteiger partial charge in [-0.05, 0) is 29.5 Å². The molecule has 0 unspecified atom stereocenters. The van der Waals surface area contributed by atoms with Crippen molar-refractivity contribution in [2.45, 2.75) is 19.5 Å². The maximum atomic E-state index is 11.9. The number of nitrogens with zero attached hydrogens (tertiary/aromatic N) is 3. The predicted molar refractivity (Wildman–Crippen MR) is 92.0 cm³/mol. The summed E-state index contributed by atoms with van der Waals surface area (Å²) in [6.45, 7) is 3.93. The van der Waals surface area contributed by atoms with Gasteiger partial charge in [0.15, 0.2) is 0 Å². The van der Waals surface area contributed by atoms with Crippen LogP contribution in [-0.4, -0.2) is 52.1 Å². The average Bonchev–Trinajstić information content (AvgIpc) is 3.22. The Balaban J connectivity index is 1.47. The smallest absolute Gasteiger partial charge is 0.313 e. The normalized spacial score (nSPS) is 26.5. The summed E-state index contributed by atoms with van der Waals surface area (Å²) in [5.41, 5.74) is 1.68. The summed E-state index contributed by atoms with van der Waals surface area (Å²) in [5.74, 6) is -0.530. The molecule has 0 saturated carbocycles. The van der Waals surface area contributed by atoms with Crippen LogP contribution < -0.4 is 0 Å². The number of fused-ring (bicyclic) bond motifs is 1. The van der Waals surface area contributed by atoms with Crippen LogP contribution >= 0.6 is 0 Å². The molecule has 2 aliphatic rings. The van der Waals surface area contributed by atoms with Gasteiger partial charge in [0.1, 0.15) is 5.41 Å². The molecule has 3 heterocycles. The average molecular weight is 341 g/mol. The summed E-state index contributed by atoms with van der Waals surface area (Å²) in [6.07, 6.45) is 4.57. The van der Waals surface area contributed by atoms with Crippen LogP contribution in [0.3, 0.4) is 0 Å². The minimum Gasteiger partial charge on any atom is -0.481 e. The Hall–Kier alpha value is -2.18. The number of rotatable bonds is 5. The molecule has 0 radical (unpaired) electrons. The van der Waals surface area contributed by atoms with E-state index >= 15 is 0 Å². The van der Waals surface area contributed by atoms with Crippen molar-refractivity contribution in [3.8, 4) is 0 Å². The number of carboxylic acid groups (broad SMARTS) is 1. The molecule has 2 atom stereocenters. The van der Waals surface area contributed by atoms with Crippen LogP contribution in [0.15, 0.2) is 42.7 Å². The summed E-state index contributed by atoms with van der Waals surface area (Å²) in [4.78, 5) is 14.1. The molecule has 2 aromatic rings. The summed E-state index contributed by atoms with van der Waals surface area (Å²) < 4.78 is 7.41. The topological polar surface area (TPSA) is 67.6 Å². The summed E-state index contributed by atoms with van der Waals surface area (Å²) in [6, 6.07) is 10.4. The van der Waals surface area contributed by atoms with E-state index in [0.29, 0.717) is 19.8 Å². The molecule has 0 bridgehead atoms. The number of carboxylic acids is 1. The molecule has 0 aliphatic carbocycles. The summed E-state index contributed by atoms with van der Waals surface area (Å²) in [5, 5.41) is 14.0. The van der Waals surface area contributed by atoms with Crippen molar-refractivity contribution >= 4 is 5.97 Å². The third-order valence-electron chi connectivity index (χ3n) is 5.46. The molecular formula is C19H23N3O3. The molecule has 25 heavy (non-hydrogen) atoms. The lowest BCUT2D eigenvalue weighted by Crippen LogP contribution is -2.46. The number of ether oxygens (including phenoxy) is 1. The molecule has 2 fully saturated rings. The molecule has 2 saturated heterocycles. The number of hydrogen-bond donors (Lipinski definition) is 1. The quantitative estimate of drug-likeness (QED) is 0.899. The van der Waals surface area contributed by atoms with E-state index in [1.807, 2.05) is 16.9 Å². The maximum absolute atomic E-state index is 11.9. The summed E-state index contributed by atoms with van der Waals surface area (Å²) >= 11 is 0. The number of hydrogen-bond acceptors (Lipinski definition) is 4. The highest BCUT2D eigenvalue weighted by Gasteiger charge is 2.53. The van der Waals surface area contributed by atoms with Crippen LogP contribution in [0.1, 0.15) is 17.5 Å². The van der Waals surface area contributed by atoms with Crippen molar-refractivity contribution in [3.05, 3.63) is 53.9 Å². The number of carbonyl (C=O) groups is 1. The number of aliphatic carboxylic acids is 1. The van der Waals surface area contributed by atoms with Crippen molar-refractivity contribution in [1.29, 1.82) is 0 Å². The van der Waals surface area contributed by atoms with Gasteiger partial charge in [-0.15, -0.1) is 0 Å². The fraction of sp³-hybridized carbons (Fsp3) is 0.474. The standard InChI is InChI=1S/C19H23N3O3/c23-18(24)19-13-21(12-17(19)5-8-25-14-19)10-15-3-1-4-16(9-15)11-22-7-2-6-20-22/h1-4,6-7,9,17H,5,8,10-14H2,(H,23,24)/t17-,19+/m0/s1. The number of likely N-dealkylation sites (tertiary alicyclic amines) is 1. The van der Waals surface area contributed by atoms with Gasteiger partial charge < -0.3 is 9.84 Å². The van der Waals surface area contributed by atoms with Gasteiger partial charge in [0, 0.05) is 38.6 Å². The molecule has 1 aromatic carbocycles. The third-order valence-corrected chi connectivity index (χ3v) is 5.46. The van der Waals surface area contributed by atoms with Gasteiger partial charge in [-0.1, -0.05) is 24.3 Å². The van der Waals surface area contributed by atoms with Crippen LogP contribution in [0.5, 0.6) is 0 Å². The Kier molecular flexibility index (Phi) is 4.31. The Morgan fingerprint density at radius 1 is 1.32 bits per heavy atom. The highest BCUT2D eigenvalue weighted by Crippen LogP contribution is 2.42. The molecule has 2 aliphatic heterocycles. The van der Waals surface area contributed by atoms with Gasteiger partial charge in [0.2, 0.25) is 0 Å². The van der Waals surface area contributed by atoms with Crippen LogP contribution in [-0.2, 0) is 22.6 Å². The Labute approximate surface area is 147 Å². The highest BCUT2D eigenvalue weighted by molar-refractivity contribution is 5.76. The Bertz CT molecular complexity index is 746. The third kappa shape index (κ3) is 3.19. The van der Waals surface area contributed by atoms with E-state index in [4.69, 9.17) is 4.74 Å². The van der Waals surface area contributed by atoms with Crippen molar-refractivity contribution in [1.82, 2.24) is 14.7 Å². The fourth-order valence-corrected chi connectivity index (χ4v) is 4.18. The summed E-state index contributed by atoms with van der Waals surface area (Å²) in [7, 11) is 0. The monoisotopic (exact) mass is 341 g/mol. The van der Waals surface area contributed by atoms with Gasteiger partial charge in [-0.3, -0.25) is 14.4 Å². The minimum atomic E-state index is -0.731. The first-order valence-corrected chi connectivity index (χ1v) is 8.74. The van der Waals surface area contributed by atoms with E-state index in [1.54, 1.807) is 6.20 Å². The Morgan fingerprint density at radius 2 is 2.16 bits per heavy atom. The molecule has 0 spiro atoms. The van der Waals surface area contributed by atoms with E-state index in [2.05, 4.69) is 34.3 Å².